The number of rotatable bonds is 6. The molecule has 0 aliphatic heterocycles. The van der Waals surface area contributed by atoms with E-state index in [2.05, 4.69) is 41.5 Å². The van der Waals surface area contributed by atoms with E-state index in [4.69, 9.17) is 4.84 Å². The van der Waals surface area contributed by atoms with Gasteiger partial charge in [0, 0.05) is 17.5 Å². The molecule has 7 heteroatoms. The topological polar surface area (TPSA) is 92.5 Å². The van der Waals surface area contributed by atoms with Gasteiger partial charge in [-0.1, -0.05) is 62.3 Å². The predicted molar refractivity (Wildman–Crippen MR) is 143 cm³/mol. The lowest BCUT2D eigenvalue weighted by atomic mass is 9.64. The van der Waals surface area contributed by atoms with E-state index in [-0.39, 0.29) is 16.7 Å². The van der Waals surface area contributed by atoms with E-state index in [0.717, 1.165) is 24.2 Å². The van der Waals surface area contributed by atoms with Gasteiger partial charge in [-0.05, 0) is 66.8 Å². The molecule has 0 heterocycles. The van der Waals surface area contributed by atoms with Gasteiger partial charge in [0.1, 0.15) is 0 Å². The van der Waals surface area contributed by atoms with Gasteiger partial charge in [0.25, 0.3) is 0 Å². The highest BCUT2D eigenvalue weighted by atomic mass is 16.7. The molecule has 1 N–H and O–H groups in total. The summed E-state index contributed by atoms with van der Waals surface area (Å²) in [4.78, 5) is 31.5. The fourth-order valence-corrected chi connectivity index (χ4v) is 5.72. The van der Waals surface area contributed by atoms with Crippen LogP contribution in [-0.2, 0) is 9.63 Å². The van der Waals surface area contributed by atoms with Gasteiger partial charge < -0.3 is 10.2 Å². The summed E-state index contributed by atoms with van der Waals surface area (Å²) in [6.45, 7) is 6.36. The van der Waals surface area contributed by atoms with Crippen LogP contribution in [0.2, 0.25) is 0 Å². The molecular weight excluding hydrogens is 464 g/mol. The second kappa shape index (κ2) is 9.39. The molecule has 2 bridgehead atoms. The van der Waals surface area contributed by atoms with Gasteiger partial charge >= 0.3 is 5.97 Å². The molecule has 2 aliphatic carbocycles. The van der Waals surface area contributed by atoms with Gasteiger partial charge in [-0.25, -0.2) is 4.79 Å². The van der Waals surface area contributed by atoms with Crippen molar-refractivity contribution >= 4 is 34.7 Å². The van der Waals surface area contributed by atoms with Gasteiger partial charge in [0.05, 0.1) is 28.1 Å². The smallest absolute Gasteiger partial charge is 0.326 e. The standard InChI is InChI=1S/C30H30N4O3/c1-28(2)29(3)18-19-30(28,20-25(29)34-37-26(35)21-10-6-4-7-11-21)27(36)31-22-14-16-24(17-15-22)33-32-23-12-8-5-9-13-23/h4-17H,18-20H2,1-3H3,(H,31,36). The third kappa shape index (κ3) is 4.24. The number of carbonyl (C=O) groups excluding carboxylic acids is 2. The van der Waals surface area contributed by atoms with Crippen LogP contribution in [0, 0.1) is 16.2 Å². The zero-order valence-corrected chi connectivity index (χ0v) is 21.3. The number of amides is 1. The van der Waals surface area contributed by atoms with Crippen molar-refractivity contribution in [1.29, 1.82) is 0 Å². The molecular formula is C30H30N4O3. The summed E-state index contributed by atoms with van der Waals surface area (Å²) in [6, 6.07) is 25.6. The number of hydrogen-bond donors (Lipinski definition) is 1. The molecule has 0 spiro atoms. The molecule has 5 rings (SSSR count). The minimum atomic E-state index is -0.647. The van der Waals surface area contributed by atoms with Gasteiger partial charge in [-0.3, -0.25) is 4.79 Å². The number of carbonyl (C=O) groups is 2. The minimum Gasteiger partial charge on any atom is -0.326 e. The summed E-state index contributed by atoms with van der Waals surface area (Å²) in [5.41, 5.74) is 2.02. The molecule has 1 amide bonds. The Kier molecular flexibility index (Phi) is 6.23. The van der Waals surface area contributed by atoms with Crippen LogP contribution in [0.4, 0.5) is 17.1 Å². The first-order valence-electron chi connectivity index (χ1n) is 12.5. The van der Waals surface area contributed by atoms with Crippen molar-refractivity contribution < 1.29 is 14.4 Å². The first-order valence-corrected chi connectivity index (χ1v) is 12.5. The highest BCUT2D eigenvalue weighted by Gasteiger charge is 2.71. The summed E-state index contributed by atoms with van der Waals surface area (Å²) in [5, 5.41) is 15.9. The molecule has 188 valence electrons. The molecule has 2 aliphatic rings. The molecule has 3 aromatic rings. The summed E-state index contributed by atoms with van der Waals surface area (Å²) in [6.07, 6.45) is 2.00. The van der Waals surface area contributed by atoms with Crippen molar-refractivity contribution in [3.63, 3.8) is 0 Å². The van der Waals surface area contributed by atoms with E-state index in [9.17, 15) is 9.59 Å². The number of nitrogens with zero attached hydrogens (tertiary/aromatic N) is 3. The summed E-state index contributed by atoms with van der Waals surface area (Å²) in [5.74, 6) is -0.542. The first kappa shape index (κ1) is 24.6. The highest BCUT2D eigenvalue weighted by Crippen LogP contribution is 2.71. The van der Waals surface area contributed by atoms with E-state index in [1.54, 1.807) is 24.3 Å². The highest BCUT2D eigenvalue weighted by molar-refractivity contribution is 6.06. The number of nitrogens with one attached hydrogen (secondary N) is 1. The molecule has 2 unspecified atom stereocenters. The molecule has 0 saturated heterocycles. The molecule has 2 fully saturated rings. The molecule has 2 atom stereocenters. The second-order valence-corrected chi connectivity index (χ2v) is 10.5. The van der Waals surface area contributed by atoms with E-state index in [1.807, 2.05) is 60.7 Å². The zero-order chi connectivity index (χ0) is 26.1. The number of azo groups is 1. The largest absolute Gasteiger partial charge is 0.365 e. The average Bonchev–Trinajstić information content (AvgIpc) is 3.23. The average molecular weight is 495 g/mol. The van der Waals surface area contributed by atoms with Crippen LogP contribution in [0.5, 0.6) is 0 Å². The second-order valence-electron chi connectivity index (χ2n) is 10.5. The molecule has 2 saturated carbocycles. The lowest BCUT2D eigenvalue weighted by molar-refractivity contribution is -0.130. The number of fused-ring (bicyclic) bond motifs is 2. The Bertz CT molecular complexity index is 1370. The summed E-state index contributed by atoms with van der Waals surface area (Å²) in [7, 11) is 0. The van der Waals surface area contributed by atoms with Crippen LogP contribution < -0.4 is 5.32 Å². The predicted octanol–water partition coefficient (Wildman–Crippen LogP) is 7.47. The molecule has 3 aromatic carbocycles. The normalized spacial score (nSPS) is 24.9. The Labute approximate surface area is 216 Å². The van der Waals surface area contributed by atoms with Crippen molar-refractivity contribution in [3.8, 4) is 0 Å². The Morgan fingerprint density at radius 3 is 2.03 bits per heavy atom. The van der Waals surface area contributed by atoms with Gasteiger partial charge in [-0.15, -0.1) is 0 Å². The van der Waals surface area contributed by atoms with Crippen LogP contribution in [0.15, 0.2) is 100 Å². The van der Waals surface area contributed by atoms with Crippen LogP contribution in [0.1, 0.15) is 50.4 Å². The maximum Gasteiger partial charge on any atom is 0.365 e. The van der Waals surface area contributed by atoms with Crippen LogP contribution in [-0.4, -0.2) is 17.6 Å². The van der Waals surface area contributed by atoms with Crippen molar-refractivity contribution in [2.75, 3.05) is 5.32 Å². The van der Waals surface area contributed by atoms with E-state index >= 15 is 0 Å². The molecule has 7 nitrogen and oxygen atoms in total. The van der Waals surface area contributed by atoms with E-state index in [1.165, 1.54) is 0 Å². The minimum absolute atomic E-state index is 0.0422. The molecule has 0 aromatic heterocycles. The van der Waals surface area contributed by atoms with Crippen molar-refractivity contribution in [2.45, 2.75) is 40.0 Å². The quantitative estimate of drug-likeness (QED) is 0.219. The third-order valence-corrected chi connectivity index (χ3v) is 8.58. The van der Waals surface area contributed by atoms with Crippen molar-refractivity contribution in [3.05, 3.63) is 90.5 Å². The zero-order valence-electron chi connectivity index (χ0n) is 21.3. The van der Waals surface area contributed by atoms with Gasteiger partial charge in [0.15, 0.2) is 0 Å². The maximum atomic E-state index is 13.7. The van der Waals surface area contributed by atoms with Crippen LogP contribution in [0.3, 0.4) is 0 Å². The lowest BCUT2D eigenvalue weighted by Crippen LogP contribution is -2.43. The molecule has 0 radical (unpaired) electrons. The first-order chi connectivity index (χ1) is 17.7. The number of hydrogen-bond acceptors (Lipinski definition) is 6. The molecule has 37 heavy (non-hydrogen) atoms. The van der Waals surface area contributed by atoms with Gasteiger partial charge in [0.2, 0.25) is 5.91 Å². The van der Waals surface area contributed by atoms with E-state index in [0.29, 0.717) is 23.4 Å². The van der Waals surface area contributed by atoms with E-state index < -0.39 is 11.4 Å². The third-order valence-electron chi connectivity index (χ3n) is 8.58. The van der Waals surface area contributed by atoms with Crippen LogP contribution >= 0.6 is 0 Å². The Morgan fingerprint density at radius 2 is 1.38 bits per heavy atom. The summed E-state index contributed by atoms with van der Waals surface area (Å²) >= 11 is 0. The number of benzene rings is 3. The number of anilines is 1. The fraction of sp³-hybridized carbons (Fsp3) is 0.300. The maximum absolute atomic E-state index is 13.7. The Hall–Kier alpha value is -4.13. The Balaban J connectivity index is 1.31. The van der Waals surface area contributed by atoms with Crippen molar-refractivity contribution in [1.82, 2.24) is 0 Å². The number of oxime groups is 1. The summed E-state index contributed by atoms with van der Waals surface area (Å²) < 4.78 is 0. The van der Waals surface area contributed by atoms with Crippen LogP contribution in [0.25, 0.3) is 0 Å². The monoisotopic (exact) mass is 494 g/mol. The van der Waals surface area contributed by atoms with Gasteiger partial charge in [-0.2, -0.15) is 10.2 Å². The Morgan fingerprint density at radius 1 is 0.784 bits per heavy atom. The van der Waals surface area contributed by atoms with Crippen molar-refractivity contribution in [2.24, 2.45) is 31.6 Å². The lowest BCUT2D eigenvalue weighted by Gasteiger charge is -2.39. The SMILES string of the molecule is CC12CCC(C(=O)Nc3ccc(N=Nc4ccccc4)cc3)(CC1=NOC(=O)c1ccccc1)C2(C)C. The fourth-order valence-electron chi connectivity index (χ4n) is 5.72.